The van der Waals surface area contributed by atoms with E-state index >= 15 is 0 Å². The molecule has 1 aliphatic rings. The minimum atomic E-state index is -0.249. The van der Waals surface area contributed by atoms with Crippen LogP contribution in [0, 0.1) is 5.92 Å². The average Bonchev–Trinajstić information content (AvgIpc) is 3.04. The van der Waals surface area contributed by atoms with E-state index in [0.717, 1.165) is 19.6 Å². The zero-order valence-corrected chi connectivity index (χ0v) is 14.1. The van der Waals surface area contributed by atoms with Gasteiger partial charge < -0.3 is 9.64 Å². The second-order valence-corrected chi connectivity index (χ2v) is 6.51. The molecule has 8 nitrogen and oxygen atoms in total. The monoisotopic (exact) mass is 340 g/mol. The summed E-state index contributed by atoms with van der Waals surface area (Å²) in [4.78, 5) is 25.3. The molecule has 3 aromatic heterocycles. The van der Waals surface area contributed by atoms with Crippen molar-refractivity contribution in [1.82, 2.24) is 29.6 Å². The number of fused-ring (bicyclic) bond motifs is 1. The highest BCUT2D eigenvalue weighted by molar-refractivity contribution is 5.76. The summed E-state index contributed by atoms with van der Waals surface area (Å²) in [6, 6.07) is 1.77. The number of nitrogens with zero attached hydrogens (tertiary/aromatic N) is 5. The molecule has 0 unspecified atom stereocenters. The number of likely N-dealkylation sites (tertiary alicyclic amines) is 1. The van der Waals surface area contributed by atoms with Gasteiger partial charge in [-0.25, -0.2) is 0 Å². The van der Waals surface area contributed by atoms with Gasteiger partial charge in [-0.1, -0.05) is 0 Å². The average molecular weight is 340 g/mol. The topological polar surface area (TPSA) is 88.9 Å². The number of pyridine rings is 1. The Bertz CT molecular complexity index is 926. The van der Waals surface area contributed by atoms with Crippen LogP contribution < -0.4 is 10.3 Å². The lowest BCUT2D eigenvalue weighted by Gasteiger charge is -2.28. The van der Waals surface area contributed by atoms with Crippen molar-refractivity contribution in [2.24, 2.45) is 5.92 Å². The molecule has 0 aliphatic carbocycles. The van der Waals surface area contributed by atoms with Gasteiger partial charge in [-0.3, -0.25) is 19.4 Å². The third-order valence-electron chi connectivity index (χ3n) is 4.59. The highest BCUT2D eigenvalue weighted by Gasteiger charge is 2.17. The van der Waals surface area contributed by atoms with Crippen molar-refractivity contribution in [2.75, 3.05) is 20.1 Å². The van der Waals surface area contributed by atoms with Crippen molar-refractivity contribution in [1.29, 1.82) is 0 Å². The Morgan fingerprint density at radius 1 is 1.32 bits per heavy atom. The summed E-state index contributed by atoms with van der Waals surface area (Å²) in [7, 11) is 2.16. The molecule has 0 atom stereocenters. The molecule has 1 aliphatic heterocycles. The van der Waals surface area contributed by atoms with Crippen LogP contribution in [-0.4, -0.2) is 49.8 Å². The second kappa shape index (κ2) is 6.64. The van der Waals surface area contributed by atoms with Gasteiger partial charge in [0.1, 0.15) is 0 Å². The quantitative estimate of drug-likeness (QED) is 0.777. The van der Waals surface area contributed by atoms with Gasteiger partial charge >= 0.3 is 6.01 Å². The van der Waals surface area contributed by atoms with Gasteiger partial charge in [0.2, 0.25) is 0 Å². The van der Waals surface area contributed by atoms with Gasteiger partial charge in [0, 0.05) is 12.7 Å². The molecule has 0 saturated carbocycles. The molecule has 0 amide bonds. The maximum absolute atomic E-state index is 12.1. The number of nitrogens with one attached hydrogen (secondary N) is 1. The van der Waals surface area contributed by atoms with E-state index in [1.165, 1.54) is 12.8 Å². The van der Waals surface area contributed by atoms with Gasteiger partial charge in [0.25, 0.3) is 5.56 Å². The molecule has 0 bridgehead atoms. The van der Waals surface area contributed by atoms with E-state index in [9.17, 15) is 4.79 Å². The van der Waals surface area contributed by atoms with Gasteiger partial charge in [0.15, 0.2) is 5.75 Å². The van der Waals surface area contributed by atoms with Crippen molar-refractivity contribution >= 4 is 10.9 Å². The summed E-state index contributed by atoms with van der Waals surface area (Å²) < 4.78 is 7.56. The maximum Gasteiger partial charge on any atom is 0.302 e. The van der Waals surface area contributed by atoms with Crippen molar-refractivity contribution in [2.45, 2.75) is 19.4 Å². The second-order valence-electron chi connectivity index (χ2n) is 6.51. The summed E-state index contributed by atoms with van der Waals surface area (Å²) >= 11 is 0. The number of ether oxygens (including phenoxy) is 1. The number of H-pyrrole nitrogens is 1. The first-order chi connectivity index (χ1) is 12.2. The van der Waals surface area contributed by atoms with Crippen LogP contribution in [0.3, 0.4) is 0 Å². The van der Waals surface area contributed by atoms with Gasteiger partial charge in [-0.05, 0) is 45.0 Å². The molecule has 4 heterocycles. The molecular formula is C17H20N6O2. The van der Waals surface area contributed by atoms with Crippen LogP contribution in [0.15, 0.2) is 35.6 Å². The van der Waals surface area contributed by atoms with E-state index < -0.39 is 0 Å². The first-order valence-electron chi connectivity index (χ1n) is 8.40. The highest BCUT2D eigenvalue weighted by atomic mass is 16.5. The minimum absolute atomic E-state index is 0.143. The largest absolute Gasteiger partial charge is 0.422 e. The van der Waals surface area contributed by atoms with Crippen LogP contribution in [-0.2, 0) is 6.54 Å². The Kier molecular flexibility index (Phi) is 4.19. The standard InChI is InChI=1S/C17H20N6O2/c1-22-6-3-12(4-7-22)10-23-11-13(8-19-23)25-17-20-15-9-18-5-2-14(15)16(24)21-17/h2,5,8-9,11-12H,3-4,6-7,10H2,1H3,(H,20,21,24). The smallest absolute Gasteiger partial charge is 0.302 e. The fourth-order valence-electron chi connectivity index (χ4n) is 3.14. The third kappa shape index (κ3) is 3.53. The van der Waals surface area contributed by atoms with Crippen molar-refractivity contribution < 1.29 is 4.74 Å². The molecule has 8 heteroatoms. The van der Waals surface area contributed by atoms with Gasteiger partial charge in [0.05, 0.1) is 29.5 Å². The zero-order chi connectivity index (χ0) is 17.2. The molecule has 0 spiro atoms. The Labute approximate surface area is 144 Å². The molecule has 0 radical (unpaired) electrons. The Morgan fingerprint density at radius 3 is 3.00 bits per heavy atom. The lowest BCUT2D eigenvalue weighted by atomic mass is 9.97. The van der Waals surface area contributed by atoms with Gasteiger partial charge in [-0.15, -0.1) is 0 Å². The van der Waals surface area contributed by atoms with Crippen molar-refractivity contribution in [3.8, 4) is 11.8 Å². The minimum Gasteiger partial charge on any atom is -0.422 e. The number of rotatable bonds is 4. The summed E-state index contributed by atoms with van der Waals surface area (Å²) in [6.07, 6.45) is 8.94. The normalized spacial score (nSPS) is 16.4. The number of hydrogen-bond donors (Lipinski definition) is 1. The predicted octanol–water partition coefficient (Wildman–Crippen LogP) is 1.65. The molecule has 1 N–H and O–H groups in total. The molecular weight excluding hydrogens is 320 g/mol. The number of piperidine rings is 1. The van der Waals surface area contributed by atoms with Gasteiger partial charge in [-0.2, -0.15) is 10.1 Å². The van der Waals surface area contributed by atoms with E-state index in [1.807, 2.05) is 10.9 Å². The lowest BCUT2D eigenvalue weighted by molar-refractivity contribution is 0.201. The van der Waals surface area contributed by atoms with Crippen LogP contribution in [0.4, 0.5) is 0 Å². The Morgan fingerprint density at radius 2 is 2.16 bits per heavy atom. The summed E-state index contributed by atoms with van der Waals surface area (Å²) in [5.41, 5.74) is 0.251. The first-order valence-corrected chi connectivity index (χ1v) is 8.40. The van der Waals surface area contributed by atoms with E-state index in [4.69, 9.17) is 4.74 Å². The molecule has 25 heavy (non-hydrogen) atoms. The predicted molar refractivity (Wildman–Crippen MR) is 92.7 cm³/mol. The Balaban J connectivity index is 1.47. The van der Waals surface area contributed by atoms with E-state index in [-0.39, 0.29) is 11.6 Å². The van der Waals surface area contributed by atoms with Crippen LogP contribution in [0.25, 0.3) is 10.9 Å². The number of aromatic amines is 1. The maximum atomic E-state index is 12.1. The summed E-state index contributed by atoms with van der Waals surface area (Å²) in [6.45, 7) is 3.14. The fraction of sp³-hybridized carbons (Fsp3) is 0.412. The molecule has 0 aromatic carbocycles. The van der Waals surface area contributed by atoms with E-state index in [1.54, 1.807) is 24.7 Å². The molecule has 3 aromatic rings. The number of hydrogen-bond acceptors (Lipinski definition) is 6. The molecule has 4 rings (SSSR count). The highest BCUT2D eigenvalue weighted by Crippen LogP contribution is 2.21. The van der Waals surface area contributed by atoms with Crippen LogP contribution in [0.5, 0.6) is 11.8 Å². The van der Waals surface area contributed by atoms with Crippen LogP contribution in [0.2, 0.25) is 0 Å². The Hall–Kier alpha value is -2.74. The van der Waals surface area contributed by atoms with Crippen molar-refractivity contribution in [3.63, 3.8) is 0 Å². The first kappa shape index (κ1) is 15.8. The fourth-order valence-corrected chi connectivity index (χ4v) is 3.14. The number of aromatic nitrogens is 5. The summed E-state index contributed by atoms with van der Waals surface area (Å²) in [5.74, 6) is 1.19. The molecule has 1 fully saturated rings. The van der Waals surface area contributed by atoms with Crippen LogP contribution >= 0.6 is 0 Å². The molecule has 1 saturated heterocycles. The van der Waals surface area contributed by atoms with E-state index in [0.29, 0.717) is 22.6 Å². The summed E-state index contributed by atoms with van der Waals surface area (Å²) in [5, 5.41) is 4.84. The zero-order valence-electron chi connectivity index (χ0n) is 14.1. The van der Waals surface area contributed by atoms with Crippen LogP contribution in [0.1, 0.15) is 12.8 Å². The SMILES string of the molecule is CN1CCC(Cn2cc(Oc3nc4cnccc4c(=O)[nH]3)cn2)CC1. The van der Waals surface area contributed by atoms with Crippen molar-refractivity contribution in [3.05, 3.63) is 41.2 Å². The van der Waals surface area contributed by atoms with E-state index in [2.05, 4.69) is 32.0 Å². The lowest BCUT2D eigenvalue weighted by Crippen LogP contribution is -2.31. The molecule has 130 valence electrons. The third-order valence-corrected chi connectivity index (χ3v) is 4.59.